The average Bonchev–Trinajstić information content (AvgIpc) is 3.12. The molecule has 0 saturated carbocycles. The van der Waals surface area contributed by atoms with E-state index in [1.165, 1.54) is 17.8 Å². The zero-order valence-corrected chi connectivity index (χ0v) is 17.8. The number of benzene rings is 3. The van der Waals surface area contributed by atoms with Crippen molar-refractivity contribution in [2.45, 2.75) is 17.8 Å². The van der Waals surface area contributed by atoms with E-state index in [0.717, 1.165) is 16.8 Å². The van der Waals surface area contributed by atoms with Crippen LogP contribution in [0.5, 0.6) is 0 Å². The number of aromatic nitrogens is 3. The molecule has 1 aromatic heterocycles. The normalized spacial score (nSPS) is 11.0. The van der Waals surface area contributed by atoms with E-state index in [4.69, 9.17) is 23.2 Å². The molecule has 0 radical (unpaired) electrons. The molecule has 0 aliphatic carbocycles. The Bertz CT molecular complexity index is 1160. The van der Waals surface area contributed by atoms with Crippen molar-refractivity contribution >= 4 is 35.0 Å². The van der Waals surface area contributed by atoms with Crippen LogP contribution in [0.3, 0.4) is 0 Å². The quantitative estimate of drug-likeness (QED) is 0.311. The van der Waals surface area contributed by atoms with Gasteiger partial charge in [-0.15, -0.1) is 10.2 Å². The first-order valence-corrected chi connectivity index (χ1v) is 10.6. The van der Waals surface area contributed by atoms with Crippen molar-refractivity contribution in [2.75, 3.05) is 0 Å². The highest BCUT2D eigenvalue weighted by molar-refractivity contribution is 7.98. The Labute approximate surface area is 182 Å². The van der Waals surface area contributed by atoms with Gasteiger partial charge in [0.1, 0.15) is 5.82 Å². The fourth-order valence-corrected chi connectivity index (χ4v) is 4.40. The molecule has 146 valence electrons. The molecule has 29 heavy (non-hydrogen) atoms. The van der Waals surface area contributed by atoms with Crippen molar-refractivity contribution in [3.05, 3.63) is 93.7 Å². The summed E-state index contributed by atoms with van der Waals surface area (Å²) in [5.41, 5.74) is 3.34. The average molecular weight is 444 g/mol. The van der Waals surface area contributed by atoms with Gasteiger partial charge in [0.25, 0.3) is 0 Å². The first-order chi connectivity index (χ1) is 14.0. The summed E-state index contributed by atoms with van der Waals surface area (Å²) in [5, 5.41) is 10.5. The van der Waals surface area contributed by atoms with Gasteiger partial charge in [-0.25, -0.2) is 4.39 Å². The fraction of sp³-hybridized carbons (Fsp3) is 0.0909. The van der Waals surface area contributed by atoms with E-state index < -0.39 is 0 Å². The predicted octanol–water partition coefficient (Wildman–Crippen LogP) is 6.98. The standard InChI is InChI=1S/C22H16Cl2FN3S/c1-14-6-10-17(11-7-14)28-21(18-4-2-3-5-20(18)25)26-27-22(28)29-13-15-8-9-16(23)12-19(15)24/h2-12H,13H2,1H3. The SMILES string of the molecule is Cc1ccc(-n2c(SCc3ccc(Cl)cc3Cl)nnc2-c2ccccc2F)cc1. The molecule has 7 heteroatoms. The van der Waals surface area contributed by atoms with E-state index in [1.54, 1.807) is 30.3 Å². The van der Waals surface area contributed by atoms with Crippen LogP contribution in [0.2, 0.25) is 10.0 Å². The zero-order valence-electron chi connectivity index (χ0n) is 15.4. The summed E-state index contributed by atoms with van der Waals surface area (Å²) >= 11 is 13.8. The number of thioether (sulfide) groups is 1. The molecule has 4 rings (SSSR count). The van der Waals surface area contributed by atoms with Gasteiger partial charge in [0.15, 0.2) is 11.0 Å². The molecule has 0 bridgehead atoms. The highest BCUT2D eigenvalue weighted by Gasteiger charge is 2.19. The van der Waals surface area contributed by atoms with Crippen LogP contribution in [-0.2, 0) is 5.75 Å². The summed E-state index contributed by atoms with van der Waals surface area (Å²) in [5.74, 6) is 0.694. The highest BCUT2D eigenvalue weighted by atomic mass is 35.5. The van der Waals surface area contributed by atoms with Crippen molar-refractivity contribution in [1.29, 1.82) is 0 Å². The van der Waals surface area contributed by atoms with Gasteiger partial charge in [-0.3, -0.25) is 4.57 Å². The lowest BCUT2D eigenvalue weighted by Crippen LogP contribution is -2.01. The van der Waals surface area contributed by atoms with Crippen LogP contribution in [0, 0.1) is 12.7 Å². The number of nitrogens with zero attached hydrogens (tertiary/aromatic N) is 3. The number of rotatable bonds is 5. The van der Waals surface area contributed by atoms with Gasteiger partial charge in [-0.1, -0.05) is 70.9 Å². The predicted molar refractivity (Wildman–Crippen MR) is 118 cm³/mol. The molecule has 0 aliphatic heterocycles. The minimum atomic E-state index is -0.342. The number of hydrogen-bond donors (Lipinski definition) is 0. The summed E-state index contributed by atoms with van der Waals surface area (Å²) in [6, 6.07) is 19.9. The lowest BCUT2D eigenvalue weighted by atomic mass is 10.2. The van der Waals surface area contributed by atoms with Crippen molar-refractivity contribution in [3.8, 4) is 17.1 Å². The molecule has 0 amide bonds. The molecule has 3 aromatic carbocycles. The number of halogens is 3. The maximum atomic E-state index is 14.5. The molecule has 0 unspecified atom stereocenters. The number of hydrogen-bond acceptors (Lipinski definition) is 3. The van der Waals surface area contributed by atoms with Crippen LogP contribution in [0.25, 0.3) is 17.1 Å². The van der Waals surface area contributed by atoms with Gasteiger partial charge in [0.05, 0.1) is 5.56 Å². The van der Waals surface area contributed by atoms with Crippen LogP contribution in [0.1, 0.15) is 11.1 Å². The molecule has 4 aromatic rings. The fourth-order valence-electron chi connectivity index (χ4n) is 2.89. The molecule has 0 saturated heterocycles. The van der Waals surface area contributed by atoms with Gasteiger partial charge in [-0.05, 0) is 48.9 Å². The Morgan fingerprint density at radius 3 is 2.45 bits per heavy atom. The van der Waals surface area contributed by atoms with Crippen molar-refractivity contribution in [2.24, 2.45) is 0 Å². The summed E-state index contributed by atoms with van der Waals surface area (Å²) < 4.78 is 16.3. The van der Waals surface area contributed by atoms with Crippen LogP contribution in [0.4, 0.5) is 4.39 Å². The van der Waals surface area contributed by atoms with E-state index in [0.29, 0.717) is 32.3 Å². The monoisotopic (exact) mass is 443 g/mol. The second-order valence-electron chi connectivity index (χ2n) is 6.48. The molecule has 0 N–H and O–H groups in total. The van der Waals surface area contributed by atoms with Crippen molar-refractivity contribution < 1.29 is 4.39 Å². The molecule has 0 fully saturated rings. The summed E-state index contributed by atoms with van der Waals surface area (Å²) in [7, 11) is 0. The Kier molecular flexibility index (Phi) is 5.90. The van der Waals surface area contributed by atoms with Gasteiger partial charge < -0.3 is 0 Å². The molecule has 0 spiro atoms. The minimum absolute atomic E-state index is 0.342. The van der Waals surface area contributed by atoms with E-state index in [1.807, 2.05) is 41.8 Å². The van der Waals surface area contributed by atoms with Crippen LogP contribution < -0.4 is 0 Å². The van der Waals surface area contributed by atoms with Crippen molar-refractivity contribution in [3.63, 3.8) is 0 Å². The van der Waals surface area contributed by atoms with Crippen LogP contribution in [-0.4, -0.2) is 14.8 Å². The van der Waals surface area contributed by atoms with E-state index in [2.05, 4.69) is 10.2 Å². The van der Waals surface area contributed by atoms with Gasteiger partial charge >= 0.3 is 0 Å². The largest absolute Gasteiger partial charge is 0.270 e. The first-order valence-electron chi connectivity index (χ1n) is 8.87. The van der Waals surface area contributed by atoms with Gasteiger partial charge in [0, 0.05) is 21.5 Å². The van der Waals surface area contributed by atoms with E-state index in [-0.39, 0.29) is 5.82 Å². The van der Waals surface area contributed by atoms with Crippen molar-refractivity contribution in [1.82, 2.24) is 14.8 Å². The van der Waals surface area contributed by atoms with E-state index >= 15 is 0 Å². The third-order valence-corrected chi connectivity index (χ3v) is 5.98. The Balaban J connectivity index is 1.75. The maximum Gasteiger partial charge on any atom is 0.196 e. The van der Waals surface area contributed by atoms with E-state index in [9.17, 15) is 4.39 Å². The van der Waals surface area contributed by atoms with Gasteiger partial charge in [0.2, 0.25) is 0 Å². The summed E-state index contributed by atoms with van der Waals surface area (Å²) in [6.45, 7) is 2.02. The lowest BCUT2D eigenvalue weighted by molar-refractivity contribution is 0.629. The number of aryl methyl sites for hydroxylation is 1. The second-order valence-corrected chi connectivity index (χ2v) is 8.27. The smallest absolute Gasteiger partial charge is 0.196 e. The van der Waals surface area contributed by atoms with Crippen LogP contribution >= 0.6 is 35.0 Å². The van der Waals surface area contributed by atoms with Gasteiger partial charge in [-0.2, -0.15) is 0 Å². The lowest BCUT2D eigenvalue weighted by Gasteiger charge is -2.11. The third-order valence-electron chi connectivity index (χ3n) is 4.41. The summed E-state index contributed by atoms with van der Waals surface area (Å²) in [4.78, 5) is 0. The maximum absolute atomic E-state index is 14.5. The Morgan fingerprint density at radius 2 is 1.72 bits per heavy atom. The zero-order chi connectivity index (χ0) is 20.4. The Hall–Kier alpha value is -2.34. The molecular formula is C22H16Cl2FN3S. The topological polar surface area (TPSA) is 30.7 Å². The molecule has 3 nitrogen and oxygen atoms in total. The third kappa shape index (κ3) is 4.32. The summed E-state index contributed by atoms with van der Waals surface area (Å²) in [6.07, 6.45) is 0. The molecule has 1 heterocycles. The molecule has 0 atom stereocenters. The Morgan fingerprint density at radius 1 is 0.966 bits per heavy atom. The highest BCUT2D eigenvalue weighted by Crippen LogP contribution is 2.32. The van der Waals surface area contributed by atoms with Crippen LogP contribution in [0.15, 0.2) is 71.9 Å². The minimum Gasteiger partial charge on any atom is -0.270 e. The molecule has 0 aliphatic rings. The first kappa shape index (κ1) is 20.0. The second kappa shape index (κ2) is 8.57. The molecular weight excluding hydrogens is 428 g/mol.